The number of rotatable bonds is 3. The summed E-state index contributed by atoms with van der Waals surface area (Å²) < 4.78 is 7.51. The van der Waals surface area contributed by atoms with E-state index in [1.54, 1.807) is 12.4 Å². The van der Waals surface area contributed by atoms with Crippen molar-refractivity contribution in [1.29, 1.82) is 0 Å². The fraction of sp³-hybridized carbons (Fsp3) is 0.667. The van der Waals surface area contributed by atoms with Crippen LogP contribution < -0.4 is 5.73 Å². The molecule has 14 heavy (non-hydrogen) atoms. The van der Waals surface area contributed by atoms with E-state index in [0.29, 0.717) is 11.6 Å². The fourth-order valence-electron chi connectivity index (χ4n) is 1.73. The lowest BCUT2D eigenvalue weighted by atomic mass is 10.2. The van der Waals surface area contributed by atoms with E-state index in [0.717, 1.165) is 19.4 Å². The molecule has 2 rings (SSSR count). The molecule has 0 saturated carbocycles. The summed E-state index contributed by atoms with van der Waals surface area (Å²) in [6.07, 6.45) is 6.01. The average Bonchev–Trinajstić information content (AvgIpc) is 2.76. The number of nitrogens with zero attached hydrogens (tertiary/aromatic N) is 2. The molecule has 1 aromatic heterocycles. The van der Waals surface area contributed by atoms with Crippen LogP contribution >= 0.6 is 11.6 Å². The Morgan fingerprint density at radius 3 is 2.93 bits per heavy atom. The summed E-state index contributed by atoms with van der Waals surface area (Å²) in [7, 11) is 0. The molecular formula is C9H14ClN3O. The second kappa shape index (κ2) is 4.29. The minimum atomic E-state index is 0.228. The number of nitrogens with two attached hydrogens (primary N) is 1. The largest absolute Gasteiger partial charge is 0.372 e. The molecule has 1 aliphatic rings. The van der Waals surface area contributed by atoms with E-state index in [1.165, 1.54) is 0 Å². The SMILES string of the molecule is NCC1CCC(Cn2cc(Cl)cn2)O1. The third-order valence-electron chi connectivity index (χ3n) is 2.45. The molecule has 0 aliphatic carbocycles. The Morgan fingerprint density at radius 2 is 2.36 bits per heavy atom. The Bertz CT molecular complexity index is 302. The summed E-state index contributed by atoms with van der Waals surface area (Å²) in [6.45, 7) is 1.37. The summed E-state index contributed by atoms with van der Waals surface area (Å²) in [6, 6.07) is 0. The zero-order valence-corrected chi connectivity index (χ0v) is 8.65. The lowest BCUT2D eigenvalue weighted by Gasteiger charge is -2.11. The Hall–Kier alpha value is -0.580. The molecule has 2 atom stereocenters. The zero-order chi connectivity index (χ0) is 9.97. The molecule has 1 aromatic rings. The monoisotopic (exact) mass is 215 g/mol. The smallest absolute Gasteiger partial charge is 0.0785 e. The maximum absolute atomic E-state index is 5.76. The quantitative estimate of drug-likeness (QED) is 0.820. The summed E-state index contributed by atoms with van der Waals surface area (Å²) in [5.74, 6) is 0. The van der Waals surface area contributed by atoms with Crippen LogP contribution in [0.25, 0.3) is 0 Å². The van der Waals surface area contributed by atoms with E-state index in [-0.39, 0.29) is 12.2 Å². The van der Waals surface area contributed by atoms with Gasteiger partial charge in [0.15, 0.2) is 0 Å². The van der Waals surface area contributed by atoms with Gasteiger partial charge >= 0.3 is 0 Å². The maximum Gasteiger partial charge on any atom is 0.0785 e. The lowest BCUT2D eigenvalue weighted by Crippen LogP contribution is -2.22. The Kier molecular flexibility index (Phi) is 3.05. The number of halogens is 1. The zero-order valence-electron chi connectivity index (χ0n) is 7.90. The van der Waals surface area contributed by atoms with Gasteiger partial charge in [-0.1, -0.05) is 11.6 Å². The number of ether oxygens (including phenoxy) is 1. The van der Waals surface area contributed by atoms with Crippen molar-refractivity contribution in [3.05, 3.63) is 17.4 Å². The van der Waals surface area contributed by atoms with Crippen molar-refractivity contribution in [3.63, 3.8) is 0 Å². The van der Waals surface area contributed by atoms with Gasteiger partial charge in [0.1, 0.15) is 0 Å². The summed E-state index contributed by atoms with van der Waals surface area (Å²) in [4.78, 5) is 0. The van der Waals surface area contributed by atoms with E-state index >= 15 is 0 Å². The van der Waals surface area contributed by atoms with E-state index in [9.17, 15) is 0 Å². The van der Waals surface area contributed by atoms with Gasteiger partial charge in [-0.3, -0.25) is 4.68 Å². The van der Waals surface area contributed by atoms with Crippen LogP contribution in [0.5, 0.6) is 0 Å². The van der Waals surface area contributed by atoms with Crippen LogP contribution in [0.2, 0.25) is 5.02 Å². The van der Waals surface area contributed by atoms with Crippen LogP contribution in [0.4, 0.5) is 0 Å². The highest BCUT2D eigenvalue weighted by Crippen LogP contribution is 2.20. The van der Waals surface area contributed by atoms with E-state index in [1.807, 2.05) is 4.68 Å². The number of hydrogen-bond acceptors (Lipinski definition) is 3. The molecule has 0 radical (unpaired) electrons. The first-order chi connectivity index (χ1) is 6.78. The average molecular weight is 216 g/mol. The van der Waals surface area contributed by atoms with E-state index in [2.05, 4.69) is 5.10 Å². The molecule has 1 saturated heterocycles. The van der Waals surface area contributed by atoms with Crippen molar-refractivity contribution >= 4 is 11.6 Å². The summed E-state index contributed by atoms with van der Waals surface area (Å²) in [5, 5.41) is 4.77. The van der Waals surface area contributed by atoms with Crippen LogP contribution in [-0.4, -0.2) is 28.5 Å². The predicted molar refractivity (Wildman–Crippen MR) is 54.2 cm³/mol. The third kappa shape index (κ3) is 2.26. The lowest BCUT2D eigenvalue weighted by molar-refractivity contribution is 0.0386. The van der Waals surface area contributed by atoms with Crippen LogP contribution in [0.3, 0.4) is 0 Å². The second-order valence-corrected chi connectivity index (χ2v) is 4.01. The molecule has 1 fully saturated rings. The standard InChI is InChI=1S/C9H14ClN3O/c10-7-4-12-13(5-7)6-9-2-1-8(3-11)14-9/h4-5,8-9H,1-3,6,11H2. The molecule has 0 aromatic carbocycles. The van der Waals surface area contributed by atoms with Crippen LogP contribution in [-0.2, 0) is 11.3 Å². The van der Waals surface area contributed by atoms with Crippen molar-refractivity contribution in [2.24, 2.45) is 5.73 Å². The van der Waals surface area contributed by atoms with Gasteiger partial charge in [-0.05, 0) is 12.8 Å². The van der Waals surface area contributed by atoms with Crippen LogP contribution in [0, 0.1) is 0 Å². The summed E-state index contributed by atoms with van der Waals surface area (Å²) in [5.41, 5.74) is 5.52. The Balaban J connectivity index is 1.87. The number of aromatic nitrogens is 2. The van der Waals surface area contributed by atoms with Crippen LogP contribution in [0.15, 0.2) is 12.4 Å². The first-order valence-electron chi connectivity index (χ1n) is 4.81. The van der Waals surface area contributed by atoms with E-state index < -0.39 is 0 Å². The normalized spacial score (nSPS) is 27.0. The highest BCUT2D eigenvalue weighted by atomic mass is 35.5. The maximum atomic E-state index is 5.76. The second-order valence-electron chi connectivity index (χ2n) is 3.57. The molecule has 4 nitrogen and oxygen atoms in total. The molecule has 1 aliphatic heterocycles. The molecule has 2 N–H and O–H groups in total. The van der Waals surface area contributed by atoms with Gasteiger partial charge in [0.2, 0.25) is 0 Å². The predicted octanol–water partition coefficient (Wildman–Crippen LogP) is 1.04. The van der Waals surface area contributed by atoms with Gasteiger partial charge in [-0.25, -0.2) is 0 Å². The van der Waals surface area contributed by atoms with Gasteiger partial charge < -0.3 is 10.5 Å². The molecule has 2 unspecified atom stereocenters. The van der Waals surface area contributed by atoms with Gasteiger partial charge in [0.25, 0.3) is 0 Å². The molecule has 78 valence electrons. The Labute approximate surface area is 88.0 Å². The minimum Gasteiger partial charge on any atom is -0.372 e. The third-order valence-corrected chi connectivity index (χ3v) is 2.65. The van der Waals surface area contributed by atoms with Crippen molar-refractivity contribution in [1.82, 2.24) is 9.78 Å². The number of hydrogen-bond donors (Lipinski definition) is 1. The molecule has 0 bridgehead atoms. The highest BCUT2D eigenvalue weighted by Gasteiger charge is 2.24. The van der Waals surface area contributed by atoms with Gasteiger partial charge in [0.05, 0.1) is 30.0 Å². The van der Waals surface area contributed by atoms with Gasteiger partial charge in [-0.15, -0.1) is 0 Å². The van der Waals surface area contributed by atoms with Crippen molar-refractivity contribution in [2.45, 2.75) is 31.6 Å². The molecule has 5 heteroatoms. The summed E-state index contributed by atoms with van der Waals surface area (Å²) >= 11 is 5.76. The molecule has 0 spiro atoms. The van der Waals surface area contributed by atoms with Gasteiger partial charge in [0, 0.05) is 12.7 Å². The Morgan fingerprint density at radius 1 is 1.57 bits per heavy atom. The van der Waals surface area contributed by atoms with E-state index in [4.69, 9.17) is 22.1 Å². The first kappa shape index (κ1) is 9.96. The minimum absolute atomic E-state index is 0.228. The molecular weight excluding hydrogens is 202 g/mol. The van der Waals surface area contributed by atoms with Crippen molar-refractivity contribution in [3.8, 4) is 0 Å². The van der Waals surface area contributed by atoms with Crippen LogP contribution in [0.1, 0.15) is 12.8 Å². The van der Waals surface area contributed by atoms with Gasteiger partial charge in [-0.2, -0.15) is 5.10 Å². The topological polar surface area (TPSA) is 53.1 Å². The van der Waals surface area contributed by atoms with Crippen molar-refractivity contribution < 1.29 is 4.74 Å². The highest BCUT2D eigenvalue weighted by molar-refractivity contribution is 6.30. The molecule has 0 amide bonds. The van der Waals surface area contributed by atoms with Crippen molar-refractivity contribution in [2.75, 3.05) is 6.54 Å². The molecule has 2 heterocycles. The fourth-order valence-corrected chi connectivity index (χ4v) is 1.89. The first-order valence-corrected chi connectivity index (χ1v) is 5.19.